The lowest BCUT2D eigenvalue weighted by Gasteiger charge is -2.23. The molecule has 1 unspecified atom stereocenters. The van der Waals surface area contributed by atoms with Gasteiger partial charge in [0.15, 0.2) is 5.78 Å². The zero-order valence-electron chi connectivity index (χ0n) is 12.0. The first kappa shape index (κ1) is 14.3. The summed E-state index contributed by atoms with van der Waals surface area (Å²) < 4.78 is 5.15. The average molecular weight is 296 g/mol. The number of aryl methyl sites for hydroxylation is 1. The molecule has 1 aromatic heterocycles. The third-order valence-electron chi connectivity index (χ3n) is 3.69. The van der Waals surface area contributed by atoms with Crippen LogP contribution in [0.2, 0.25) is 0 Å². The van der Waals surface area contributed by atoms with Gasteiger partial charge >= 0.3 is 6.09 Å². The number of pyridine rings is 1. The Balaban J connectivity index is 1.57. The smallest absolute Gasteiger partial charge is 0.408 e. The lowest BCUT2D eigenvalue weighted by Crippen LogP contribution is -2.43. The summed E-state index contributed by atoms with van der Waals surface area (Å²) in [4.78, 5) is 28.2. The van der Waals surface area contributed by atoms with E-state index in [9.17, 15) is 9.59 Å². The van der Waals surface area contributed by atoms with Crippen molar-refractivity contribution in [2.24, 2.45) is 0 Å². The maximum absolute atomic E-state index is 12.3. The van der Waals surface area contributed by atoms with E-state index in [0.717, 1.165) is 17.5 Å². The number of aromatic nitrogens is 1. The molecule has 0 saturated carbocycles. The second kappa shape index (κ2) is 6.39. The number of nitrogens with zero attached hydrogens (tertiary/aromatic N) is 1. The molecule has 0 spiro atoms. The van der Waals surface area contributed by atoms with Crippen molar-refractivity contribution in [2.45, 2.75) is 25.5 Å². The monoisotopic (exact) mass is 296 g/mol. The fourth-order valence-corrected chi connectivity index (χ4v) is 2.53. The van der Waals surface area contributed by atoms with E-state index in [0.29, 0.717) is 12.0 Å². The van der Waals surface area contributed by atoms with Crippen LogP contribution >= 0.6 is 0 Å². The minimum absolute atomic E-state index is 0.0830. The van der Waals surface area contributed by atoms with Crippen LogP contribution in [0.5, 0.6) is 0 Å². The van der Waals surface area contributed by atoms with Gasteiger partial charge in [0.25, 0.3) is 0 Å². The molecule has 1 aliphatic rings. The maximum Gasteiger partial charge on any atom is 0.408 e. The molecule has 0 radical (unpaired) electrons. The predicted molar refractivity (Wildman–Crippen MR) is 80.4 cm³/mol. The third kappa shape index (κ3) is 3.14. The summed E-state index contributed by atoms with van der Waals surface area (Å²) in [6, 6.07) is 10.6. The summed E-state index contributed by atoms with van der Waals surface area (Å²) >= 11 is 0. The summed E-state index contributed by atoms with van der Waals surface area (Å²) in [5, 5.41) is 2.65. The van der Waals surface area contributed by atoms with E-state index in [1.807, 2.05) is 30.3 Å². The van der Waals surface area contributed by atoms with Gasteiger partial charge in [0.2, 0.25) is 0 Å². The standard InChI is InChI=1S/C17H16N2O3/c20-16-14-8-9-18-10-13(14)6-7-15(16)19-17(21)22-11-12-4-2-1-3-5-12/h1-5,8-10,15H,6-7,11H2,(H,19,21). The van der Waals surface area contributed by atoms with E-state index in [2.05, 4.69) is 10.3 Å². The third-order valence-corrected chi connectivity index (χ3v) is 3.69. The molecule has 22 heavy (non-hydrogen) atoms. The Morgan fingerprint density at radius 1 is 1.27 bits per heavy atom. The number of nitrogens with one attached hydrogen (secondary N) is 1. The molecular weight excluding hydrogens is 280 g/mol. The van der Waals surface area contributed by atoms with Crippen molar-refractivity contribution in [3.05, 3.63) is 65.5 Å². The highest BCUT2D eigenvalue weighted by Gasteiger charge is 2.28. The lowest BCUT2D eigenvalue weighted by atomic mass is 9.88. The number of benzene rings is 1. The van der Waals surface area contributed by atoms with Crippen LogP contribution in [0.4, 0.5) is 4.79 Å². The van der Waals surface area contributed by atoms with Crippen molar-refractivity contribution >= 4 is 11.9 Å². The number of carbonyl (C=O) groups is 2. The molecule has 5 nitrogen and oxygen atoms in total. The number of hydrogen-bond donors (Lipinski definition) is 1. The fourth-order valence-electron chi connectivity index (χ4n) is 2.53. The van der Waals surface area contributed by atoms with Crippen molar-refractivity contribution in [2.75, 3.05) is 0 Å². The van der Waals surface area contributed by atoms with Crippen molar-refractivity contribution in [3.63, 3.8) is 0 Å². The molecule has 3 rings (SSSR count). The second-order valence-corrected chi connectivity index (χ2v) is 5.19. The maximum atomic E-state index is 12.3. The molecule has 1 heterocycles. The molecular formula is C17H16N2O3. The molecule has 1 aromatic carbocycles. The molecule has 5 heteroatoms. The van der Waals surface area contributed by atoms with Gasteiger partial charge in [-0.2, -0.15) is 0 Å². The normalized spacial score (nSPS) is 16.7. The van der Waals surface area contributed by atoms with Gasteiger partial charge in [-0.3, -0.25) is 9.78 Å². The van der Waals surface area contributed by atoms with Crippen molar-refractivity contribution in [3.8, 4) is 0 Å². The second-order valence-electron chi connectivity index (χ2n) is 5.19. The van der Waals surface area contributed by atoms with E-state index in [-0.39, 0.29) is 12.4 Å². The van der Waals surface area contributed by atoms with Gasteiger partial charge < -0.3 is 10.1 Å². The van der Waals surface area contributed by atoms with Gasteiger partial charge in [-0.1, -0.05) is 30.3 Å². The number of fused-ring (bicyclic) bond motifs is 1. The molecule has 1 amide bonds. The van der Waals surface area contributed by atoms with Crippen LogP contribution in [0.1, 0.15) is 27.9 Å². The highest BCUT2D eigenvalue weighted by atomic mass is 16.5. The molecule has 0 saturated heterocycles. The van der Waals surface area contributed by atoms with Gasteiger partial charge in [-0.05, 0) is 30.0 Å². The van der Waals surface area contributed by atoms with E-state index in [1.54, 1.807) is 18.5 Å². The topological polar surface area (TPSA) is 68.3 Å². The number of carbonyl (C=O) groups excluding carboxylic acids is 2. The molecule has 112 valence electrons. The molecule has 1 atom stereocenters. The van der Waals surface area contributed by atoms with Gasteiger partial charge in [0.05, 0.1) is 6.04 Å². The van der Waals surface area contributed by atoms with Crippen molar-refractivity contribution in [1.82, 2.24) is 10.3 Å². The van der Waals surface area contributed by atoms with Crippen LogP contribution in [0.3, 0.4) is 0 Å². The lowest BCUT2D eigenvalue weighted by molar-refractivity contribution is 0.0900. The van der Waals surface area contributed by atoms with Gasteiger partial charge in [0.1, 0.15) is 6.61 Å². The summed E-state index contributed by atoms with van der Waals surface area (Å²) in [7, 11) is 0. The minimum atomic E-state index is -0.570. The zero-order valence-corrected chi connectivity index (χ0v) is 12.0. The number of Topliss-reactive ketones (excluding diaryl/α,β-unsaturated/α-hetero) is 1. The Kier molecular flexibility index (Phi) is 4.14. The molecule has 1 N–H and O–H groups in total. The van der Waals surface area contributed by atoms with E-state index in [1.165, 1.54) is 0 Å². The minimum Gasteiger partial charge on any atom is -0.445 e. The molecule has 2 aromatic rings. The Hall–Kier alpha value is -2.69. The van der Waals surface area contributed by atoms with Crippen LogP contribution < -0.4 is 5.32 Å². The fraction of sp³-hybridized carbons (Fsp3) is 0.235. The highest BCUT2D eigenvalue weighted by Crippen LogP contribution is 2.20. The summed E-state index contributed by atoms with van der Waals surface area (Å²) in [6.45, 7) is 0.189. The predicted octanol–water partition coefficient (Wildman–Crippen LogP) is 2.51. The number of ketones is 1. The largest absolute Gasteiger partial charge is 0.445 e. The van der Waals surface area contributed by atoms with E-state index >= 15 is 0 Å². The van der Waals surface area contributed by atoms with E-state index in [4.69, 9.17) is 4.74 Å². The average Bonchev–Trinajstić information content (AvgIpc) is 2.57. The Morgan fingerprint density at radius 2 is 2.09 bits per heavy atom. The van der Waals surface area contributed by atoms with Crippen LogP contribution in [-0.2, 0) is 17.8 Å². The van der Waals surface area contributed by atoms with Gasteiger partial charge in [0, 0.05) is 18.0 Å². The molecule has 0 aliphatic heterocycles. The Bertz CT molecular complexity index is 685. The zero-order chi connectivity index (χ0) is 15.4. The van der Waals surface area contributed by atoms with Crippen LogP contribution in [-0.4, -0.2) is 22.9 Å². The summed E-state index contributed by atoms with van der Waals surface area (Å²) in [6.07, 6.45) is 4.01. The number of alkyl carbamates (subject to hydrolysis) is 1. The number of hydrogen-bond acceptors (Lipinski definition) is 4. The van der Waals surface area contributed by atoms with Crippen molar-refractivity contribution < 1.29 is 14.3 Å². The molecule has 0 fully saturated rings. The van der Waals surface area contributed by atoms with Crippen molar-refractivity contribution in [1.29, 1.82) is 0 Å². The van der Waals surface area contributed by atoms with Gasteiger partial charge in [-0.25, -0.2) is 4.79 Å². The quantitative estimate of drug-likeness (QED) is 0.945. The SMILES string of the molecule is O=C(NC1CCc2cnccc2C1=O)OCc1ccccc1. The first-order chi connectivity index (χ1) is 10.7. The number of ether oxygens (including phenoxy) is 1. The molecule has 1 aliphatic carbocycles. The Labute approximate surface area is 128 Å². The summed E-state index contributed by atoms with van der Waals surface area (Å²) in [5.41, 5.74) is 2.47. The number of amides is 1. The van der Waals surface area contributed by atoms with Crippen LogP contribution in [0, 0.1) is 0 Å². The first-order valence-corrected chi connectivity index (χ1v) is 7.18. The number of rotatable bonds is 3. The van der Waals surface area contributed by atoms with Crippen LogP contribution in [0.25, 0.3) is 0 Å². The summed E-state index contributed by atoms with van der Waals surface area (Å²) in [5.74, 6) is -0.0830. The van der Waals surface area contributed by atoms with Gasteiger partial charge in [-0.15, -0.1) is 0 Å². The molecule has 0 bridgehead atoms. The first-order valence-electron chi connectivity index (χ1n) is 7.18. The van der Waals surface area contributed by atoms with E-state index < -0.39 is 12.1 Å². The Morgan fingerprint density at radius 3 is 2.91 bits per heavy atom. The van der Waals surface area contributed by atoms with Crippen LogP contribution in [0.15, 0.2) is 48.8 Å². The highest BCUT2D eigenvalue weighted by molar-refractivity contribution is 6.03.